The predicted octanol–water partition coefficient (Wildman–Crippen LogP) is 0.955. The van der Waals surface area contributed by atoms with Crippen LogP contribution in [0.3, 0.4) is 0 Å². The Morgan fingerprint density at radius 3 is 2.52 bits per heavy atom. The monoisotopic (exact) mass is 282 g/mol. The van der Waals surface area contributed by atoms with Gasteiger partial charge >= 0.3 is 0 Å². The molecule has 21 heavy (non-hydrogen) atoms. The number of hydrogen-bond donors (Lipinski definition) is 3. The van der Waals surface area contributed by atoms with Gasteiger partial charge in [0, 0.05) is 18.9 Å². The van der Waals surface area contributed by atoms with Crippen LogP contribution in [0.1, 0.15) is 5.56 Å². The van der Waals surface area contributed by atoms with Gasteiger partial charge in [0.2, 0.25) is 11.9 Å². The summed E-state index contributed by atoms with van der Waals surface area (Å²) in [4.78, 5) is 12.6. The van der Waals surface area contributed by atoms with Crippen LogP contribution in [0.2, 0.25) is 0 Å². The minimum atomic E-state index is 0.270. The van der Waals surface area contributed by atoms with E-state index in [9.17, 15) is 0 Å². The molecule has 0 atom stereocenters. The smallest absolute Gasteiger partial charge is 0.257 e. The van der Waals surface area contributed by atoms with E-state index in [0.717, 1.165) is 5.56 Å². The molecule has 0 saturated heterocycles. The first kappa shape index (κ1) is 13.0. The van der Waals surface area contributed by atoms with Crippen LogP contribution in [0.25, 0.3) is 5.95 Å². The molecule has 0 radical (unpaired) electrons. The number of aromatic nitrogens is 5. The summed E-state index contributed by atoms with van der Waals surface area (Å²) >= 11 is 0. The van der Waals surface area contributed by atoms with Gasteiger partial charge in [0.05, 0.1) is 0 Å². The Kier molecular flexibility index (Phi) is 3.70. The number of nitrogens with zero attached hydrogens (tertiary/aromatic N) is 5. The van der Waals surface area contributed by atoms with Crippen LogP contribution in [-0.4, -0.2) is 24.7 Å². The average Bonchev–Trinajstić information content (AvgIpc) is 3.08. The summed E-state index contributed by atoms with van der Waals surface area (Å²) in [6.07, 6.45) is 3.40. The molecule has 3 rings (SSSR count). The van der Waals surface area contributed by atoms with Crippen LogP contribution in [0.5, 0.6) is 0 Å². The maximum Gasteiger partial charge on any atom is 0.257 e. The molecule has 8 heteroatoms. The van der Waals surface area contributed by atoms with Gasteiger partial charge in [-0.15, -0.1) is 0 Å². The lowest BCUT2D eigenvalue weighted by Gasteiger charge is -2.08. The molecule has 0 aliphatic heterocycles. The first-order chi connectivity index (χ1) is 10.3. The third kappa shape index (κ3) is 3.12. The van der Waals surface area contributed by atoms with Crippen LogP contribution >= 0.6 is 0 Å². The molecule has 0 bridgehead atoms. The van der Waals surface area contributed by atoms with Gasteiger partial charge in [-0.25, -0.2) is 10.5 Å². The molecule has 2 aromatic heterocycles. The minimum absolute atomic E-state index is 0.270. The van der Waals surface area contributed by atoms with Gasteiger partial charge in [0.15, 0.2) is 0 Å². The highest BCUT2D eigenvalue weighted by Gasteiger charge is 2.07. The number of hydrogen-bond acceptors (Lipinski definition) is 7. The summed E-state index contributed by atoms with van der Waals surface area (Å²) < 4.78 is 1.54. The summed E-state index contributed by atoms with van der Waals surface area (Å²) in [6.45, 7) is 0.605. The van der Waals surface area contributed by atoms with Crippen LogP contribution in [0, 0.1) is 0 Å². The Morgan fingerprint density at radius 1 is 1.00 bits per heavy atom. The lowest BCUT2D eigenvalue weighted by atomic mass is 10.2. The third-order valence-electron chi connectivity index (χ3n) is 2.76. The topological polar surface area (TPSA) is 107 Å². The van der Waals surface area contributed by atoms with E-state index in [1.807, 2.05) is 30.3 Å². The second-order valence-electron chi connectivity index (χ2n) is 4.22. The first-order valence-electron chi connectivity index (χ1n) is 6.35. The molecule has 0 saturated carbocycles. The molecule has 0 aliphatic carbocycles. The summed E-state index contributed by atoms with van der Waals surface area (Å²) in [7, 11) is 0. The van der Waals surface area contributed by atoms with Gasteiger partial charge in [0.25, 0.3) is 5.95 Å². The van der Waals surface area contributed by atoms with Crippen molar-refractivity contribution in [2.45, 2.75) is 6.54 Å². The Bertz CT molecular complexity index is 695. The van der Waals surface area contributed by atoms with E-state index in [1.165, 1.54) is 4.68 Å². The molecule has 0 amide bonds. The maximum atomic E-state index is 5.39. The van der Waals surface area contributed by atoms with Crippen molar-refractivity contribution < 1.29 is 0 Å². The van der Waals surface area contributed by atoms with E-state index < -0.39 is 0 Å². The van der Waals surface area contributed by atoms with Crippen LogP contribution in [0.15, 0.2) is 48.8 Å². The lowest BCUT2D eigenvalue weighted by molar-refractivity contribution is 0.795. The number of rotatable bonds is 5. The summed E-state index contributed by atoms with van der Waals surface area (Å²) in [5.74, 6) is 6.47. The number of hydrazine groups is 1. The second kappa shape index (κ2) is 5.97. The minimum Gasteiger partial charge on any atom is -0.350 e. The van der Waals surface area contributed by atoms with Crippen LogP contribution in [-0.2, 0) is 6.54 Å². The van der Waals surface area contributed by atoms with Crippen molar-refractivity contribution in [2.24, 2.45) is 5.84 Å². The Morgan fingerprint density at radius 2 is 1.81 bits per heavy atom. The van der Waals surface area contributed by atoms with Crippen LogP contribution < -0.4 is 16.6 Å². The Hall–Kier alpha value is -3.00. The molecular weight excluding hydrogens is 268 g/mol. The van der Waals surface area contributed by atoms with E-state index in [1.54, 1.807) is 18.5 Å². The fourth-order valence-electron chi connectivity index (χ4n) is 1.77. The van der Waals surface area contributed by atoms with E-state index in [2.05, 4.69) is 30.8 Å². The number of nitrogen functional groups attached to an aromatic ring is 1. The summed E-state index contributed by atoms with van der Waals surface area (Å²) in [5, 5.41) is 7.23. The van der Waals surface area contributed by atoms with Gasteiger partial charge in [-0.3, -0.25) is 5.43 Å². The van der Waals surface area contributed by atoms with Crippen molar-refractivity contribution >= 4 is 11.9 Å². The van der Waals surface area contributed by atoms with Gasteiger partial charge in [-0.2, -0.15) is 20.1 Å². The molecule has 4 N–H and O–H groups in total. The van der Waals surface area contributed by atoms with Crippen molar-refractivity contribution in [2.75, 3.05) is 10.7 Å². The van der Waals surface area contributed by atoms with Crippen molar-refractivity contribution in [3.63, 3.8) is 0 Å². The molecule has 106 valence electrons. The SMILES string of the molecule is NNc1nc(NCc2ccccc2)nc(-n2cccn2)n1. The summed E-state index contributed by atoms with van der Waals surface area (Å²) in [5.41, 5.74) is 3.55. The van der Waals surface area contributed by atoms with Crippen LogP contribution in [0.4, 0.5) is 11.9 Å². The van der Waals surface area contributed by atoms with Crippen molar-refractivity contribution in [3.8, 4) is 5.95 Å². The molecule has 8 nitrogen and oxygen atoms in total. The summed E-state index contributed by atoms with van der Waals surface area (Å²) in [6, 6.07) is 11.8. The normalized spacial score (nSPS) is 10.3. The van der Waals surface area contributed by atoms with E-state index in [-0.39, 0.29) is 5.95 Å². The van der Waals surface area contributed by atoms with Crippen molar-refractivity contribution in [1.82, 2.24) is 24.7 Å². The zero-order valence-corrected chi connectivity index (χ0v) is 11.1. The largest absolute Gasteiger partial charge is 0.350 e. The van der Waals surface area contributed by atoms with Gasteiger partial charge in [-0.05, 0) is 11.6 Å². The quantitative estimate of drug-likeness (QED) is 0.472. The van der Waals surface area contributed by atoms with Gasteiger partial charge in [0.1, 0.15) is 0 Å². The van der Waals surface area contributed by atoms with E-state index in [0.29, 0.717) is 18.4 Å². The third-order valence-corrected chi connectivity index (χ3v) is 2.76. The second-order valence-corrected chi connectivity index (χ2v) is 4.22. The number of nitrogens with one attached hydrogen (secondary N) is 2. The van der Waals surface area contributed by atoms with Gasteiger partial charge in [-0.1, -0.05) is 30.3 Å². The molecule has 0 unspecified atom stereocenters. The lowest BCUT2D eigenvalue weighted by Crippen LogP contribution is -2.16. The number of benzene rings is 1. The Labute approximate surface area is 121 Å². The highest BCUT2D eigenvalue weighted by atomic mass is 15.4. The van der Waals surface area contributed by atoms with E-state index in [4.69, 9.17) is 5.84 Å². The highest BCUT2D eigenvalue weighted by Crippen LogP contribution is 2.09. The molecule has 0 aliphatic rings. The molecule has 3 aromatic rings. The highest BCUT2D eigenvalue weighted by molar-refractivity contribution is 5.37. The molecular formula is C13H14N8. The van der Waals surface area contributed by atoms with E-state index >= 15 is 0 Å². The predicted molar refractivity (Wildman–Crippen MR) is 78.5 cm³/mol. The van der Waals surface area contributed by atoms with Crippen molar-refractivity contribution in [3.05, 3.63) is 54.4 Å². The number of anilines is 2. The fraction of sp³-hybridized carbons (Fsp3) is 0.0769. The Balaban J connectivity index is 1.83. The zero-order valence-electron chi connectivity index (χ0n) is 11.1. The molecule has 0 spiro atoms. The first-order valence-corrected chi connectivity index (χ1v) is 6.35. The van der Waals surface area contributed by atoms with Crippen molar-refractivity contribution in [1.29, 1.82) is 0 Å². The fourth-order valence-corrected chi connectivity index (χ4v) is 1.77. The number of nitrogens with two attached hydrogens (primary N) is 1. The molecule has 1 aromatic carbocycles. The van der Waals surface area contributed by atoms with Gasteiger partial charge < -0.3 is 5.32 Å². The average molecular weight is 282 g/mol. The zero-order chi connectivity index (χ0) is 14.5. The standard InChI is InChI=1S/C13H14N8/c14-20-12-17-11(15-9-10-5-2-1-3-6-10)18-13(19-12)21-8-4-7-16-21/h1-8H,9,14H2,(H2,15,17,18,19,20). The maximum absolute atomic E-state index is 5.39. The molecule has 2 heterocycles. The molecule has 0 fully saturated rings.